The molecule has 0 unspecified atom stereocenters. The first kappa shape index (κ1) is 18.0. The molecule has 1 aliphatic heterocycles. The van der Waals surface area contributed by atoms with Crippen molar-refractivity contribution in [3.05, 3.63) is 39.9 Å². The van der Waals surface area contributed by atoms with Crippen LogP contribution in [0.25, 0.3) is 10.6 Å². The lowest BCUT2D eigenvalue weighted by molar-refractivity contribution is 0.0577. The van der Waals surface area contributed by atoms with Crippen molar-refractivity contribution in [3.8, 4) is 10.6 Å². The highest BCUT2D eigenvalue weighted by atomic mass is 35.5. The molecule has 4 rings (SSSR count). The van der Waals surface area contributed by atoms with Gasteiger partial charge in [0.1, 0.15) is 9.88 Å². The van der Waals surface area contributed by atoms with Gasteiger partial charge >= 0.3 is 0 Å². The van der Waals surface area contributed by atoms with Crippen molar-refractivity contribution in [3.63, 3.8) is 0 Å². The molecule has 1 amide bonds. The van der Waals surface area contributed by atoms with E-state index in [0.29, 0.717) is 5.02 Å². The van der Waals surface area contributed by atoms with E-state index < -0.39 is 0 Å². The van der Waals surface area contributed by atoms with E-state index in [0.717, 1.165) is 53.4 Å². The highest BCUT2D eigenvalue weighted by Crippen LogP contribution is 2.31. The zero-order valence-electron chi connectivity index (χ0n) is 15.1. The van der Waals surface area contributed by atoms with Crippen LogP contribution in [0.15, 0.2) is 24.3 Å². The SMILES string of the molecule is Cc1nc(-c2cccc(Cl)c2)sc1C(=O)N1CCN(C2CCCC2)CC1. The summed E-state index contributed by atoms with van der Waals surface area (Å²) in [6.45, 7) is 5.55. The molecular formula is C20H24ClN3OS. The van der Waals surface area contributed by atoms with Gasteiger partial charge in [0.2, 0.25) is 0 Å². The molecule has 0 bridgehead atoms. The maximum Gasteiger partial charge on any atom is 0.265 e. The van der Waals surface area contributed by atoms with Gasteiger partial charge in [0.05, 0.1) is 5.69 Å². The van der Waals surface area contributed by atoms with E-state index in [1.54, 1.807) is 0 Å². The number of amides is 1. The summed E-state index contributed by atoms with van der Waals surface area (Å²) in [4.78, 5) is 23.0. The number of halogens is 1. The van der Waals surface area contributed by atoms with E-state index >= 15 is 0 Å². The van der Waals surface area contributed by atoms with Crippen molar-refractivity contribution in [2.24, 2.45) is 0 Å². The molecule has 4 nitrogen and oxygen atoms in total. The van der Waals surface area contributed by atoms with Crippen molar-refractivity contribution < 1.29 is 4.79 Å². The molecule has 6 heteroatoms. The quantitative estimate of drug-likeness (QED) is 0.776. The molecule has 1 saturated heterocycles. The molecule has 138 valence electrons. The Kier molecular flexibility index (Phi) is 5.30. The molecule has 1 aromatic carbocycles. The summed E-state index contributed by atoms with van der Waals surface area (Å²) in [5.41, 5.74) is 1.78. The summed E-state index contributed by atoms with van der Waals surface area (Å²) in [7, 11) is 0. The number of aryl methyl sites for hydroxylation is 1. The first-order valence-electron chi connectivity index (χ1n) is 9.38. The van der Waals surface area contributed by atoms with Crippen LogP contribution >= 0.6 is 22.9 Å². The Balaban J connectivity index is 1.45. The lowest BCUT2D eigenvalue weighted by Crippen LogP contribution is -2.51. The Hall–Kier alpha value is -1.43. The van der Waals surface area contributed by atoms with Crippen molar-refractivity contribution in [1.29, 1.82) is 0 Å². The highest BCUT2D eigenvalue weighted by molar-refractivity contribution is 7.17. The molecule has 0 N–H and O–H groups in total. The van der Waals surface area contributed by atoms with Gasteiger partial charge < -0.3 is 4.90 Å². The fourth-order valence-corrected chi connectivity index (χ4v) is 5.26. The smallest absolute Gasteiger partial charge is 0.265 e. The monoisotopic (exact) mass is 389 g/mol. The van der Waals surface area contributed by atoms with Crippen LogP contribution in [0.5, 0.6) is 0 Å². The molecule has 2 fully saturated rings. The highest BCUT2D eigenvalue weighted by Gasteiger charge is 2.29. The number of carbonyl (C=O) groups excluding carboxylic acids is 1. The molecule has 2 heterocycles. The molecule has 1 saturated carbocycles. The molecule has 0 radical (unpaired) electrons. The number of aromatic nitrogens is 1. The number of nitrogens with zero attached hydrogens (tertiary/aromatic N) is 3. The summed E-state index contributed by atoms with van der Waals surface area (Å²) in [5.74, 6) is 0.124. The Bertz CT molecular complexity index is 792. The van der Waals surface area contributed by atoms with Gasteiger partial charge in [-0.15, -0.1) is 11.3 Å². The lowest BCUT2D eigenvalue weighted by Gasteiger charge is -2.37. The number of benzene rings is 1. The predicted octanol–water partition coefficient (Wildman–Crippen LogP) is 4.47. The minimum Gasteiger partial charge on any atom is -0.335 e. The number of carbonyl (C=O) groups is 1. The van der Waals surface area contributed by atoms with Crippen LogP contribution < -0.4 is 0 Å². The molecule has 1 aliphatic carbocycles. The lowest BCUT2D eigenvalue weighted by atomic mass is 10.1. The minimum atomic E-state index is 0.124. The van der Waals surface area contributed by atoms with Gasteiger partial charge in [-0.1, -0.05) is 36.6 Å². The van der Waals surface area contributed by atoms with E-state index in [2.05, 4.69) is 9.88 Å². The van der Waals surface area contributed by atoms with Gasteiger partial charge in [-0.3, -0.25) is 9.69 Å². The van der Waals surface area contributed by atoms with Crippen LogP contribution in [0, 0.1) is 6.92 Å². The zero-order valence-corrected chi connectivity index (χ0v) is 16.7. The molecule has 0 atom stereocenters. The second-order valence-electron chi connectivity index (χ2n) is 7.21. The topological polar surface area (TPSA) is 36.4 Å². The Morgan fingerprint density at radius 3 is 2.62 bits per heavy atom. The number of piperazine rings is 1. The van der Waals surface area contributed by atoms with Crippen LogP contribution in [0.1, 0.15) is 41.0 Å². The summed E-state index contributed by atoms with van der Waals surface area (Å²) in [6.07, 6.45) is 5.36. The third-order valence-corrected chi connectivity index (χ3v) is 6.93. The van der Waals surface area contributed by atoms with Crippen molar-refractivity contribution in [2.45, 2.75) is 38.6 Å². The Morgan fingerprint density at radius 2 is 1.92 bits per heavy atom. The second kappa shape index (κ2) is 7.67. The Labute approximate surface area is 163 Å². The fraction of sp³-hybridized carbons (Fsp3) is 0.500. The van der Waals surface area contributed by atoms with Gasteiger partial charge in [0.15, 0.2) is 0 Å². The summed E-state index contributed by atoms with van der Waals surface area (Å²) >= 11 is 7.56. The van der Waals surface area contributed by atoms with Gasteiger partial charge in [0, 0.05) is 42.8 Å². The van der Waals surface area contributed by atoms with E-state index in [-0.39, 0.29) is 5.91 Å². The first-order valence-corrected chi connectivity index (χ1v) is 10.6. The van der Waals surface area contributed by atoms with Crippen molar-refractivity contribution >= 4 is 28.8 Å². The number of thiazole rings is 1. The maximum atomic E-state index is 13.0. The average molecular weight is 390 g/mol. The number of hydrogen-bond donors (Lipinski definition) is 0. The van der Waals surface area contributed by atoms with Gasteiger partial charge in [-0.25, -0.2) is 4.98 Å². The van der Waals surface area contributed by atoms with Crippen LogP contribution in [0.3, 0.4) is 0 Å². The van der Waals surface area contributed by atoms with E-state index in [1.807, 2.05) is 36.1 Å². The number of hydrogen-bond acceptors (Lipinski definition) is 4. The predicted molar refractivity (Wildman–Crippen MR) is 107 cm³/mol. The van der Waals surface area contributed by atoms with E-state index in [9.17, 15) is 4.79 Å². The Morgan fingerprint density at radius 1 is 1.19 bits per heavy atom. The molecule has 26 heavy (non-hydrogen) atoms. The van der Waals surface area contributed by atoms with Crippen LogP contribution in [-0.4, -0.2) is 52.9 Å². The molecule has 1 aromatic heterocycles. The van der Waals surface area contributed by atoms with Crippen LogP contribution in [0.4, 0.5) is 0 Å². The minimum absolute atomic E-state index is 0.124. The van der Waals surface area contributed by atoms with E-state index in [4.69, 9.17) is 11.6 Å². The summed E-state index contributed by atoms with van der Waals surface area (Å²) in [6, 6.07) is 8.39. The van der Waals surface area contributed by atoms with Crippen LogP contribution in [0.2, 0.25) is 5.02 Å². The van der Waals surface area contributed by atoms with Gasteiger partial charge in [-0.05, 0) is 31.9 Å². The first-order chi connectivity index (χ1) is 12.6. The number of rotatable bonds is 3. The third kappa shape index (κ3) is 3.66. The molecule has 2 aliphatic rings. The normalized spacial score (nSPS) is 19.2. The standard InChI is InChI=1S/C20H24ClN3OS/c1-14-18(26-19(22-14)15-5-4-6-16(21)13-15)20(25)24-11-9-23(10-12-24)17-7-2-3-8-17/h4-6,13,17H,2-3,7-12H2,1H3. The maximum absolute atomic E-state index is 13.0. The molecular weight excluding hydrogens is 366 g/mol. The van der Waals surface area contributed by atoms with Crippen LogP contribution in [-0.2, 0) is 0 Å². The summed E-state index contributed by atoms with van der Waals surface area (Å²) in [5, 5.41) is 1.55. The van der Waals surface area contributed by atoms with Gasteiger partial charge in [-0.2, -0.15) is 0 Å². The fourth-order valence-electron chi connectivity index (χ4n) is 4.04. The third-order valence-electron chi connectivity index (χ3n) is 5.50. The summed E-state index contributed by atoms with van der Waals surface area (Å²) < 4.78 is 0. The zero-order chi connectivity index (χ0) is 18.1. The van der Waals surface area contributed by atoms with E-state index in [1.165, 1.54) is 37.0 Å². The molecule has 2 aromatic rings. The van der Waals surface area contributed by atoms with Gasteiger partial charge in [0.25, 0.3) is 5.91 Å². The van der Waals surface area contributed by atoms with Crippen molar-refractivity contribution in [2.75, 3.05) is 26.2 Å². The average Bonchev–Trinajstić information content (AvgIpc) is 3.31. The second-order valence-corrected chi connectivity index (χ2v) is 8.65. The van der Waals surface area contributed by atoms with Crippen molar-refractivity contribution in [1.82, 2.24) is 14.8 Å². The largest absolute Gasteiger partial charge is 0.335 e. The molecule has 0 spiro atoms.